The number of benzene rings is 3. The average molecular weight is 550 g/mol. The number of halogens is 3. The minimum absolute atomic E-state index is 0.165. The molecule has 2 N–H and O–H groups in total. The lowest BCUT2D eigenvalue weighted by atomic mass is 9.81. The maximum absolute atomic E-state index is 14.2. The molecule has 1 aliphatic rings. The van der Waals surface area contributed by atoms with Crippen LogP contribution >= 0.6 is 0 Å². The number of hydrogen-bond donors (Lipinski definition) is 1. The van der Waals surface area contributed by atoms with E-state index >= 15 is 0 Å². The van der Waals surface area contributed by atoms with Crippen LogP contribution in [0.15, 0.2) is 102 Å². The van der Waals surface area contributed by atoms with Gasteiger partial charge >= 0.3 is 18.1 Å². The van der Waals surface area contributed by atoms with Crippen molar-refractivity contribution in [2.24, 2.45) is 5.73 Å². The van der Waals surface area contributed by atoms with Crippen molar-refractivity contribution in [1.29, 1.82) is 5.26 Å². The van der Waals surface area contributed by atoms with Crippen LogP contribution in [0.25, 0.3) is 0 Å². The average Bonchev–Trinajstić information content (AvgIpc) is 2.96. The summed E-state index contributed by atoms with van der Waals surface area (Å²) in [7, 11) is 2.11. The minimum Gasteiger partial charge on any atom is -0.466 e. The van der Waals surface area contributed by atoms with E-state index in [0.29, 0.717) is 11.6 Å². The van der Waals surface area contributed by atoms with Gasteiger partial charge in [0.25, 0.3) is 0 Å². The van der Waals surface area contributed by atoms with Crippen molar-refractivity contribution in [1.82, 2.24) is 0 Å². The molecular weight excluding hydrogens is 527 g/mol. The monoisotopic (exact) mass is 549 g/mol. The number of nitriles is 1. The third-order valence-electron chi connectivity index (χ3n) is 6.11. The molecule has 1 aliphatic heterocycles. The first-order chi connectivity index (χ1) is 19.1. The van der Waals surface area contributed by atoms with E-state index in [2.05, 4.69) is 0 Å². The molecule has 0 fully saturated rings. The molecule has 3 aromatic carbocycles. The van der Waals surface area contributed by atoms with Crippen LogP contribution in [-0.4, -0.2) is 26.2 Å². The molecule has 11 heteroatoms. The van der Waals surface area contributed by atoms with Crippen molar-refractivity contribution in [2.75, 3.05) is 19.1 Å². The Hall–Kier alpha value is -5.24. The molecule has 0 spiro atoms. The molecule has 1 atom stereocenters. The highest BCUT2D eigenvalue weighted by molar-refractivity contribution is 6.06. The minimum atomic E-state index is -4.89. The highest BCUT2D eigenvalue weighted by Gasteiger charge is 2.44. The molecule has 0 aliphatic carbocycles. The predicted molar refractivity (Wildman–Crippen MR) is 138 cm³/mol. The Bertz CT molecular complexity index is 1540. The summed E-state index contributed by atoms with van der Waals surface area (Å²) in [6.07, 6.45) is -4.89. The van der Waals surface area contributed by atoms with Crippen LogP contribution in [-0.2, 0) is 25.2 Å². The second-order valence-corrected chi connectivity index (χ2v) is 8.43. The molecule has 1 heterocycles. The maximum atomic E-state index is 14.2. The van der Waals surface area contributed by atoms with E-state index in [-0.39, 0.29) is 28.4 Å². The molecule has 40 heavy (non-hydrogen) atoms. The first-order valence-electron chi connectivity index (χ1n) is 11.7. The third kappa shape index (κ3) is 5.19. The van der Waals surface area contributed by atoms with Crippen LogP contribution in [0, 0.1) is 11.3 Å². The van der Waals surface area contributed by atoms with Gasteiger partial charge in [-0.3, -0.25) is 4.90 Å². The number of nitrogens with two attached hydrogens (primary N) is 1. The van der Waals surface area contributed by atoms with Gasteiger partial charge in [-0.1, -0.05) is 48.5 Å². The number of alkyl halides is 3. The highest BCUT2D eigenvalue weighted by atomic mass is 19.4. The quantitative estimate of drug-likeness (QED) is 0.407. The van der Waals surface area contributed by atoms with Gasteiger partial charge < -0.3 is 19.9 Å². The zero-order valence-corrected chi connectivity index (χ0v) is 21.2. The lowest BCUT2D eigenvalue weighted by Gasteiger charge is -2.36. The van der Waals surface area contributed by atoms with E-state index < -0.39 is 41.0 Å². The van der Waals surface area contributed by atoms with Crippen molar-refractivity contribution < 1.29 is 37.0 Å². The van der Waals surface area contributed by atoms with Crippen LogP contribution in [0.2, 0.25) is 0 Å². The van der Waals surface area contributed by atoms with Crippen LogP contribution in [0.4, 0.5) is 18.9 Å². The van der Waals surface area contributed by atoms with Crippen molar-refractivity contribution >= 4 is 17.6 Å². The van der Waals surface area contributed by atoms with Crippen molar-refractivity contribution in [3.63, 3.8) is 0 Å². The summed E-state index contributed by atoms with van der Waals surface area (Å²) >= 11 is 0. The summed E-state index contributed by atoms with van der Waals surface area (Å²) < 4.78 is 58.0. The Morgan fingerprint density at radius 3 is 2.08 bits per heavy atom. The van der Waals surface area contributed by atoms with Gasteiger partial charge in [0.2, 0.25) is 0 Å². The Balaban J connectivity index is 2.00. The van der Waals surface area contributed by atoms with Gasteiger partial charge in [-0.05, 0) is 35.9 Å². The van der Waals surface area contributed by atoms with E-state index in [0.717, 1.165) is 25.2 Å². The number of nitrogens with zero attached hydrogens (tertiary/aromatic N) is 2. The molecule has 0 amide bonds. The van der Waals surface area contributed by atoms with Crippen LogP contribution in [0.1, 0.15) is 17.0 Å². The van der Waals surface area contributed by atoms with Gasteiger partial charge in [0.1, 0.15) is 28.6 Å². The normalized spacial score (nSPS) is 15.4. The smallest absolute Gasteiger partial charge is 0.420 e. The summed E-state index contributed by atoms with van der Waals surface area (Å²) in [5.74, 6) is -3.96. The number of carbonyl (C=O) groups is 2. The first-order valence-corrected chi connectivity index (χ1v) is 11.7. The Kier molecular flexibility index (Phi) is 7.81. The summed E-state index contributed by atoms with van der Waals surface area (Å²) in [5.41, 5.74) is 4.33. The number of allylic oxidation sites excluding steroid dienone is 1. The first kappa shape index (κ1) is 27.8. The van der Waals surface area contributed by atoms with E-state index in [4.69, 9.17) is 19.9 Å². The van der Waals surface area contributed by atoms with Crippen LogP contribution in [0.5, 0.6) is 11.5 Å². The van der Waals surface area contributed by atoms with Gasteiger partial charge in [0.15, 0.2) is 0 Å². The maximum Gasteiger partial charge on any atom is 0.420 e. The van der Waals surface area contributed by atoms with Gasteiger partial charge in [0.05, 0.1) is 37.4 Å². The zero-order chi connectivity index (χ0) is 29.0. The predicted octanol–water partition coefficient (Wildman–Crippen LogP) is 5.40. The molecule has 0 saturated carbocycles. The van der Waals surface area contributed by atoms with E-state index in [1.54, 1.807) is 48.5 Å². The lowest BCUT2D eigenvalue weighted by molar-refractivity contribution is -0.139. The molecule has 3 aromatic rings. The molecule has 0 aromatic heterocycles. The molecule has 8 nitrogen and oxygen atoms in total. The van der Waals surface area contributed by atoms with Crippen molar-refractivity contribution in [3.05, 3.63) is 113 Å². The number of carbonyl (C=O) groups excluding carboxylic acids is 2. The molecule has 1 unspecified atom stereocenters. The second kappa shape index (κ2) is 11.2. The number of esters is 2. The standard InChI is InChI=1S/C29H22F3N3O5/c1-38-27(36)24-23(17-9-5-3-6-10-17)20(16-33)26(34)35(25(24)28(37)39-2)18-13-14-22(21(15-18)29(30,31)32)40-19-11-7-4-8-12-19/h3-15,23H,34H2,1-2H3. The molecule has 0 radical (unpaired) electrons. The third-order valence-corrected chi connectivity index (χ3v) is 6.11. The topological polar surface area (TPSA) is 115 Å². The number of rotatable bonds is 6. The largest absolute Gasteiger partial charge is 0.466 e. The number of methoxy groups -OCH3 is 2. The van der Waals surface area contributed by atoms with E-state index in [1.807, 2.05) is 6.07 Å². The molecule has 204 valence electrons. The summed E-state index contributed by atoms with van der Waals surface area (Å²) in [6.45, 7) is 0. The second-order valence-electron chi connectivity index (χ2n) is 8.43. The Morgan fingerprint density at radius 1 is 0.925 bits per heavy atom. The summed E-state index contributed by atoms with van der Waals surface area (Å²) in [4.78, 5) is 27.2. The fourth-order valence-corrected chi connectivity index (χ4v) is 4.36. The molecule has 0 bridgehead atoms. The van der Waals surface area contributed by atoms with Crippen molar-refractivity contribution in [2.45, 2.75) is 12.1 Å². The van der Waals surface area contributed by atoms with Gasteiger partial charge in [-0.2, -0.15) is 18.4 Å². The van der Waals surface area contributed by atoms with E-state index in [1.165, 1.54) is 18.2 Å². The van der Waals surface area contributed by atoms with Gasteiger partial charge in [-0.25, -0.2) is 9.59 Å². The summed E-state index contributed by atoms with van der Waals surface area (Å²) in [6, 6.07) is 21.0. The number of para-hydroxylation sites is 1. The van der Waals surface area contributed by atoms with Crippen LogP contribution < -0.4 is 15.4 Å². The lowest BCUT2D eigenvalue weighted by Crippen LogP contribution is -2.40. The highest BCUT2D eigenvalue weighted by Crippen LogP contribution is 2.46. The number of ether oxygens (including phenoxy) is 3. The fourth-order valence-electron chi connectivity index (χ4n) is 4.36. The van der Waals surface area contributed by atoms with Crippen LogP contribution in [0.3, 0.4) is 0 Å². The van der Waals surface area contributed by atoms with Gasteiger partial charge in [0, 0.05) is 5.69 Å². The Labute approximate surface area is 227 Å². The zero-order valence-electron chi connectivity index (χ0n) is 21.2. The van der Waals surface area contributed by atoms with E-state index in [9.17, 15) is 28.0 Å². The SMILES string of the molecule is COC(=O)C1=C(C(=O)OC)N(c2ccc(Oc3ccccc3)c(C(F)(F)F)c2)C(N)=C(C#N)C1c1ccccc1. The molecular formula is C29H22F3N3O5. The number of hydrogen-bond acceptors (Lipinski definition) is 8. The summed E-state index contributed by atoms with van der Waals surface area (Å²) in [5, 5.41) is 10.1. The molecule has 0 saturated heterocycles. The van der Waals surface area contributed by atoms with Crippen molar-refractivity contribution in [3.8, 4) is 17.6 Å². The van der Waals surface area contributed by atoms with Gasteiger partial charge in [-0.15, -0.1) is 0 Å². The molecule has 4 rings (SSSR count). The Morgan fingerprint density at radius 2 is 1.52 bits per heavy atom. The number of anilines is 1. The fraction of sp³-hybridized carbons (Fsp3) is 0.138.